The van der Waals surface area contributed by atoms with E-state index in [0.29, 0.717) is 5.92 Å². The van der Waals surface area contributed by atoms with Crippen LogP contribution in [0.5, 0.6) is 0 Å². The molecule has 0 amide bonds. The number of alkyl halides is 1. The van der Waals surface area contributed by atoms with Crippen LogP contribution in [0.15, 0.2) is 12.1 Å². The fourth-order valence-electron chi connectivity index (χ4n) is 1.12. The Balaban J connectivity index is 2.63. The van der Waals surface area contributed by atoms with Crippen molar-refractivity contribution in [1.29, 1.82) is 0 Å². The smallest absolute Gasteiger partial charge is 0.0105 e. The summed E-state index contributed by atoms with van der Waals surface area (Å²) in [5, 5.41) is 1.07. The molecular formula is C10H15BrS. The van der Waals surface area contributed by atoms with Gasteiger partial charge in [0.05, 0.1) is 0 Å². The van der Waals surface area contributed by atoms with Crippen LogP contribution in [0.3, 0.4) is 0 Å². The van der Waals surface area contributed by atoms with E-state index < -0.39 is 0 Å². The van der Waals surface area contributed by atoms with E-state index in [9.17, 15) is 0 Å². The minimum atomic E-state index is 0.667. The molecule has 1 aromatic heterocycles. The zero-order valence-electron chi connectivity index (χ0n) is 7.64. The predicted octanol–water partition coefficient (Wildman–Crippen LogP) is 4.20. The van der Waals surface area contributed by atoms with Crippen LogP contribution in [0.1, 0.15) is 35.9 Å². The number of hydrogen-bond donors (Lipinski definition) is 0. The highest BCUT2D eigenvalue weighted by Gasteiger charge is 2.06. The van der Waals surface area contributed by atoms with Gasteiger partial charge in [-0.3, -0.25) is 0 Å². The Kier molecular flexibility index (Phi) is 4.30. The van der Waals surface area contributed by atoms with Gasteiger partial charge in [0.1, 0.15) is 0 Å². The first-order chi connectivity index (χ1) is 5.77. The van der Waals surface area contributed by atoms with Crippen molar-refractivity contribution >= 4 is 27.3 Å². The molecular weight excluding hydrogens is 232 g/mol. The molecule has 0 aliphatic carbocycles. The fraction of sp³-hybridized carbons (Fsp3) is 0.600. The molecule has 0 aliphatic rings. The molecule has 68 valence electrons. The topological polar surface area (TPSA) is 0 Å². The largest absolute Gasteiger partial charge is 0.145 e. The maximum absolute atomic E-state index is 3.51. The van der Waals surface area contributed by atoms with Crippen LogP contribution in [-0.4, -0.2) is 5.33 Å². The minimum Gasteiger partial charge on any atom is -0.145 e. The van der Waals surface area contributed by atoms with E-state index in [1.807, 2.05) is 11.3 Å². The molecule has 1 unspecified atom stereocenters. The lowest BCUT2D eigenvalue weighted by atomic mass is 10.2. The Morgan fingerprint density at radius 2 is 2.25 bits per heavy atom. The molecule has 1 rings (SSSR count). The Morgan fingerprint density at radius 3 is 2.83 bits per heavy atom. The van der Waals surface area contributed by atoms with Crippen LogP contribution in [0.4, 0.5) is 0 Å². The molecule has 0 nitrogen and oxygen atoms in total. The maximum atomic E-state index is 3.51. The third-order valence-electron chi connectivity index (χ3n) is 1.90. The molecule has 1 heterocycles. The predicted molar refractivity (Wildman–Crippen MR) is 60.5 cm³/mol. The SMILES string of the molecule is CCCc1ccc(C(C)CBr)s1. The fourth-order valence-corrected chi connectivity index (χ4v) is 2.84. The van der Waals surface area contributed by atoms with Gasteiger partial charge in [0.25, 0.3) is 0 Å². The molecule has 12 heavy (non-hydrogen) atoms. The Bertz CT molecular complexity index is 229. The van der Waals surface area contributed by atoms with E-state index in [2.05, 4.69) is 41.9 Å². The van der Waals surface area contributed by atoms with E-state index in [0.717, 1.165) is 5.33 Å². The van der Waals surface area contributed by atoms with Crippen molar-refractivity contribution in [1.82, 2.24) is 0 Å². The van der Waals surface area contributed by atoms with E-state index >= 15 is 0 Å². The maximum Gasteiger partial charge on any atom is 0.0105 e. The van der Waals surface area contributed by atoms with Gasteiger partial charge in [-0.2, -0.15) is 0 Å². The van der Waals surface area contributed by atoms with Gasteiger partial charge in [-0.25, -0.2) is 0 Å². The third-order valence-corrected chi connectivity index (χ3v) is 4.24. The second-order valence-corrected chi connectivity index (χ2v) is 4.96. The number of thiophene rings is 1. The minimum absolute atomic E-state index is 0.667. The second-order valence-electron chi connectivity index (χ2n) is 3.11. The number of aryl methyl sites for hydroxylation is 1. The lowest BCUT2D eigenvalue weighted by Crippen LogP contribution is -1.88. The summed E-state index contributed by atoms with van der Waals surface area (Å²) in [6.45, 7) is 4.49. The van der Waals surface area contributed by atoms with Crippen molar-refractivity contribution < 1.29 is 0 Å². The monoisotopic (exact) mass is 246 g/mol. The van der Waals surface area contributed by atoms with Crippen LogP contribution in [0.25, 0.3) is 0 Å². The van der Waals surface area contributed by atoms with E-state index in [-0.39, 0.29) is 0 Å². The average molecular weight is 247 g/mol. The molecule has 0 radical (unpaired) electrons. The van der Waals surface area contributed by atoms with Crippen molar-refractivity contribution in [3.05, 3.63) is 21.9 Å². The van der Waals surface area contributed by atoms with Crippen LogP contribution in [-0.2, 0) is 6.42 Å². The Labute approximate surface area is 87.1 Å². The molecule has 0 aliphatic heterocycles. The summed E-state index contributed by atoms with van der Waals surface area (Å²) < 4.78 is 0. The zero-order chi connectivity index (χ0) is 8.97. The van der Waals surface area contributed by atoms with Gasteiger partial charge >= 0.3 is 0 Å². The highest BCUT2D eigenvalue weighted by atomic mass is 79.9. The van der Waals surface area contributed by atoms with E-state index in [1.165, 1.54) is 22.6 Å². The quantitative estimate of drug-likeness (QED) is 0.699. The average Bonchev–Trinajstić information content (AvgIpc) is 2.52. The first kappa shape index (κ1) is 10.3. The second kappa shape index (κ2) is 5.03. The Hall–Kier alpha value is 0.180. The van der Waals surface area contributed by atoms with Gasteiger partial charge in [0.2, 0.25) is 0 Å². The summed E-state index contributed by atoms with van der Waals surface area (Å²) in [7, 11) is 0. The Morgan fingerprint density at radius 1 is 1.50 bits per heavy atom. The summed E-state index contributed by atoms with van der Waals surface area (Å²) in [5.41, 5.74) is 0. The molecule has 0 aromatic carbocycles. The molecule has 2 heteroatoms. The van der Waals surface area contributed by atoms with Gasteiger partial charge in [0, 0.05) is 21.0 Å². The first-order valence-electron chi connectivity index (χ1n) is 4.42. The molecule has 0 spiro atoms. The van der Waals surface area contributed by atoms with Crippen molar-refractivity contribution in [2.45, 2.75) is 32.6 Å². The zero-order valence-corrected chi connectivity index (χ0v) is 10.0. The van der Waals surface area contributed by atoms with Gasteiger partial charge in [0.15, 0.2) is 0 Å². The number of hydrogen-bond acceptors (Lipinski definition) is 1. The third kappa shape index (κ3) is 2.60. The van der Waals surface area contributed by atoms with Gasteiger partial charge in [-0.05, 0) is 18.6 Å². The van der Waals surface area contributed by atoms with Crippen LogP contribution in [0.2, 0.25) is 0 Å². The lowest BCUT2D eigenvalue weighted by molar-refractivity contribution is 0.912. The van der Waals surface area contributed by atoms with E-state index in [4.69, 9.17) is 0 Å². The first-order valence-corrected chi connectivity index (χ1v) is 6.36. The molecule has 0 saturated carbocycles. The summed E-state index contributed by atoms with van der Waals surface area (Å²) in [6.07, 6.45) is 2.49. The molecule has 0 N–H and O–H groups in total. The number of halogens is 1. The summed E-state index contributed by atoms with van der Waals surface area (Å²) in [4.78, 5) is 3.04. The lowest BCUT2D eigenvalue weighted by Gasteiger charge is -2.01. The van der Waals surface area contributed by atoms with Crippen LogP contribution < -0.4 is 0 Å². The van der Waals surface area contributed by atoms with Crippen LogP contribution >= 0.6 is 27.3 Å². The van der Waals surface area contributed by atoms with Crippen molar-refractivity contribution in [2.24, 2.45) is 0 Å². The highest BCUT2D eigenvalue weighted by molar-refractivity contribution is 9.09. The normalized spacial score (nSPS) is 13.2. The molecule has 0 saturated heterocycles. The van der Waals surface area contributed by atoms with Gasteiger partial charge in [-0.1, -0.05) is 36.2 Å². The van der Waals surface area contributed by atoms with Crippen LogP contribution in [0, 0.1) is 0 Å². The van der Waals surface area contributed by atoms with Gasteiger partial charge in [-0.15, -0.1) is 11.3 Å². The summed E-state index contributed by atoms with van der Waals surface area (Å²) in [6, 6.07) is 4.53. The van der Waals surface area contributed by atoms with Gasteiger partial charge < -0.3 is 0 Å². The molecule has 1 atom stereocenters. The molecule has 0 bridgehead atoms. The summed E-state index contributed by atoms with van der Waals surface area (Å²) >= 11 is 5.47. The molecule has 1 aromatic rings. The van der Waals surface area contributed by atoms with Crippen molar-refractivity contribution in [2.75, 3.05) is 5.33 Å². The standard InChI is InChI=1S/C10H15BrS/c1-3-4-9-5-6-10(12-9)8(2)7-11/h5-6,8H,3-4,7H2,1-2H3. The highest BCUT2D eigenvalue weighted by Crippen LogP contribution is 2.26. The number of rotatable bonds is 4. The van der Waals surface area contributed by atoms with E-state index in [1.54, 1.807) is 0 Å². The molecule has 0 fully saturated rings. The van der Waals surface area contributed by atoms with Crippen molar-refractivity contribution in [3.63, 3.8) is 0 Å². The van der Waals surface area contributed by atoms with Crippen molar-refractivity contribution in [3.8, 4) is 0 Å². The summed E-state index contributed by atoms with van der Waals surface area (Å²) in [5.74, 6) is 0.667.